The highest BCUT2D eigenvalue weighted by Gasteiger charge is 2.55. The number of anilines is 1. The Balaban J connectivity index is 0.689. The number of carbonyl (C=O) groups excluding carboxylic acids is 8. The molecule has 4 aromatic carbocycles. The summed E-state index contributed by atoms with van der Waals surface area (Å²) >= 11 is 0. The Hall–Kier alpha value is -8.28. The van der Waals surface area contributed by atoms with Gasteiger partial charge in [-0.3, -0.25) is 43.3 Å². The molecule has 0 saturated carbocycles. The number of nitrogens with one attached hydrogen (secondary N) is 5. The van der Waals surface area contributed by atoms with Crippen LogP contribution in [0.25, 0.3) is 0 Å². The molecule has 24 heteroatoms. The molecule has 442 valence electrons. The van der Waals surface area contributed by atoms with Crippen LogP contribution in [0.4, 0.5) is 5.69 Å². The minimum atomic E-state index is -2.38. The smallest absolute Gasteiger partial charge is 0.252 e. The molecule has 3 fully saturated rings. The molecule has 4 aliphatic heterocycles. The fraction of sp³-hybridized carbons (Fsp3) is 0.433. The number of amides is 6. The number of hydrogen-bond donors (Lipinski definition) is 8. The lowest BCUT2D eigenvalue weighted by molar-refractivity contribution is -0.256. The zero-order chi connectivity index (χ0) is 59.4. The zero-order valence-electron chi connectivity index (χ0n) is 46.5. The van der Waals surface area contributed by atoms with E-state index in [1.807, 2.05) is 48.5 Å². The summed E-state index contributed by atoms with van der Waals surface area (Å²) in [7, 11) is 2.83. The van der Waals surface area contributed by atoms with Gasteiger partial charge < -0.3 is 75.2 Å². The molecule has 84 heavy (non-hydrogen) atoms. The summed E-state index contributed by atoms with van der Waals surface area (Å²) in [6.07, 6.45) is -4.53. The summed E-state index contributed by atoms with van der Waals surface area (Å²) in [5.41, 5.74) is -0.717. The number of fused-ring (bicyclic) bond motifs is 8. The topological polar surface area (TPSA) is 319 Å². The van der Waals surface area contributed by atoms with Gasteiger partial charge in [0.05, 0.1) is 74.5 Å². The second kappa shape index (κ2) is 25.3. The number of unbranched alkanes of at least 4 members (excludes halogenated alkanes) is 1. The number of nitrogens with zero attached hydrogens (tertiary/aromatic N) is 2. The van der Waals surface area contributed by atoms with Crippen LogP contribution in [0.2, 0.25) is 0 Å². The predicted molar refractivity (Wildman–Crippen MR) is 295 cm³/mol. The predicted octanol–water partition coefficient (Wildman–Crippen LogP) is 1.24. The number of phenolic OH excluding ortho intramolecular Hbond substituents is 2. The molecule has 0 radical (unpaired) electrons. The fourth-order valence-corrected chi connectivity index (χ4v) is 11.8. The van der Waals surface area contributed by atoms with Crippen LogP contribution in [-0.2, 0) is 65.4 Å². The summed E-state index contributed by atoms with van der Waals surface area (Å²) in [6.45, 7) is 1.19. The van der Waals surface area contributed by atoms with E-state index in [9.17, 15) is 53.7 Å². The summed E-state index contributed by atoms with van der Waals surface area (Å²) in [5, 5.41) is 48.7. The molecule has 24 nitrogen and oxygen atoms in total. The lowest BCUT2D eigenvalue weighted by Gasteiger charge is -2.43. The Morgan fingerprint density at radius 2 is 1.42 bits per heavy atom. The van der Waals surface area contributed by atoms with E-state index in [-0.39, 0.29) is 72.3 Å². The number of methoxy groups -OCH3 is 2. The molecule has 0 unspecified atom stereocenters. The van der Waals surface area contributed by atoms with Gasteiger partial charge in [0.1, 0.15) is 29.0 Å². The third-order valence-electron chi connectivity index (χ3n) is 15.9. The van der Waals surface area contributed by atoms with Crippen molar-refractivity contribution in [3.05, 3.63) is 117 Å². The molecular formula is C60H65N7O17. The van der Waals surface area contributed by atoms with Crippen molar-refractivity contribution in [2.24, 2.45) is 0 Å². The van der Waals surface area contributed by atoms with Crippen LogP contribution in [0.3, 0.4) is 0 Å². The summed E-state index contributed by atoms with van der Waals surface area (Å²) < 4.78 is 35.9. The van der Waals surface area contributed by atoms with Gasteiger partial charge in [0, 0.05) is 92.7 Å². The number of para-hydroxylation sites is 1. The van der Waals surface area contributed by atoms with Crippen molar-refractivity contribution in [3.63, 3.8) is 0 Å². The van der Waals surface area contributed by atoms with Crippen molar-refractivity contribution < 1.29 is 82.1 Å². The molecule has 8 atom stereocenters. The number of morpholine rings is 1. The van der Waals surface area contributed by atoms with E-state index < -0.39 is 139 Å². The van der Waals surface area contributed by atoms with E-state index >= 15 is 0 Å². The van der Waals surface area contributed by atoms with Crippen molar-refractivity contribution in [1.29, 1.82) is 0 Å². The van der Waals surface area contributed by atoms with Crippen molar-refractivity contribution in [1.82, 2.24) is 31.5 Å². The lowest BCUT2D eigenvalue weighted by atomic mass is 9.72. The SMILES string of the molecule is COc1cccc2c1C(=O)c1c(O)c3c(c(O)c1C2=O)C[C@@](O)(C(=O)NCCNC(=O)CNC(=O)CNC(=O)CNC(=O)CCCCC(=O)N1Cc2ccccc2C#Cc2ccccc21)C[C@@H]3O[C@H]1C[C@H]2[C@H](O[C@@H]3[C@@H](OC)OCCN32)[C@H](C)O1. The lowest BCUT2D eigenvalue weighted by Crippen LogP contribution is -2.55. The Bertz CT molecular complexity index is 3360. The first-order valence-electron chi connectivity index (χ1n) is 27.8. The van der Waals surface area contributed by atoms with Gasteiger partial charge in [-0.15, -0.1) is 0 Å². The monoisotopic (exact) mass is 1160 g/mol. The van der Waals surface area contributed by atoms with E-state index in [0.29, 0.717) is 32.5 Å². The van der Waals surface area contributed by atoms with Gasteiger partial charge in [-0.1, -0.05) is 54.3 Å². The number of ether oxygens (including phenoxy) is 6. The molecule has 3 saturated heterocycles. The van der Waals surface area contributed by atoms with Crippen LogP contribution >= 0.6 is 0 Å². The van der Waals surface area contributed by atoms with Gasteiger partial charge in [0.15, 0.2) is 24.6 Å². The summed E-state index contributed by atoms with van der Waals surface area (Å²) in [5.74, 6) is -0.123. The van der Waals surface area contributed by atoms with Gasteiger partial charge in [0.2, 0.25) is 35.3 Å². The maximum atomic E-state index is 14.3. The van der Waals surface area contributed by atoms with E-state index in [1.54, 1.807) is 11.8 Å². The third kappa shape index (κ3) is 12.1. The number of rotatable bonds is 19. The van der Waals surface area contributed by atoms with Gasteiger partial charge in [-0.05, 0) is 49.6 Å². The Labute approximate surface area is 482 Å². The summed E-state index contributed by atoms with van der Waals surface area (Å²) in [4.78, 5) is 110. The fourth-order valence-electron chi connectivity index (χ4n) is 11.8. The number of hydrogen-bond acceptors (Lipinski definition) is 18. The van der Waals surface area contributed by atoms with Gasteiger partial charge in [-0.2, -0.15) is 0 Å². The number of aromatic hydroxyl groups is 2. The number of ketones is 2. The number of benzene rings is 4. The summed E-state index contributed by atoms with van der Waals surface area (Å²) in [6, 6.07) is 19.2. The maximum absolute atomic E-state index is 14.3. The van der Waals surface area contributed by atoms with Crippen LogP contribution < -0.4 is 36.2 Å². The molecule has 4 heterocycles. The second-order valence-corrected chi connectivity index (χ2v) is 21.2. The Kier molecular flexibility index (Phi) is 17.7. The molecule has 4 aromatic rings. The number of phenols is 2. The largest absolute Gasteiger partial charge is 0.507 e. The molecule has 8 N–H and O–H groups in total. The van der Waals surface area contributed by atoms with Crippen molar-refractivity contribution >= 4 is 52.7 Å². The first kappa shape index (κ1) is 58.9. The minimum Gasteiger partial charge on any atom is -0.507 e. The van der Waals surface area contributed by atoms with E-state index in [1.165, 1.54) is 32.4 Å². The van der Waals surface area contributed by atoms with Crippen molar-refractivity contribution in [3.8, 4) is 29.1 Å². The van der Waals surface area contributed by atoms with Crippen LogP contribution in [0.1, 0.15) is 111 Å². The van der Waals surface area contributed by atoms with Gasteiger partial charge >= 0.3 is 0 Å². The van der Waals surface area contributed by atoms with Crippen LogP contribution in [-0.4, -0.2) is 170 Å². The van der Waals surface area contributed by atoms with Gasteiger partial charge in [-0.25, -0.2) is 0 Å². The molecule has 0 aromatic heterocycles. The number of carbonyl (C=O) groups is 8. The molecule has 6 amide bonds. The minimum absolute atomic E-state index is 0.0632. The highest BCUT2D eigenvalue weighted by molar-refractivity contribution is 6.31. The zero-order valence-corrected chi connectivity index (χ0v) is 46.5. The van der Waals surface area contributed by atoms with E-state index in [2.05, 4.69) is 43.3 Å². The van der Waals surface area contributed by atoms with Crippen LogP contribution in [0.5, 0.6) is 17.2 Å². The molecule has 10 rings (SSSR count). The molecular weight excluding hydrogens is 1090 g/mol. The molecule has 0 spiro atoms. The molecule has 2 aliphatic carbocycles. The normalized spacial score (nSPS) is 23.6. The first-order chi connectivity index (χ1) is 40.5. The Morgan fingerprint density at radius 1 is 0.750 bits per heavy atom. The van der Waals surface area contributed by atoms with E-state index in [4.69, 9.17) is 28.4 Å². The maximum Gasteiger partial charge on any atom is 0.252 e. The van der Waals surface area contributed by atoms with Gasteiger partial charge in [0.25, 0.3) is 5.91 Å². The average Bonchev–Trinajstić information content (AvgIpc) is 0.938. The average molecular weight is 1160 g/mol. The highest BCUT2D eigenvalue weighted by atomic mass is 16.7. The van der Waals surface area contributed by atoms with Crippen LogP contribution in [0, 0.1) is 11.8 Å². The Morgan fingerprint density at radius 3 is 2.17 bits per heavy atom. The van der Waals surface area contributed by atoms with Crippen LogP contribution in [0.15, 0.2) is 66.7 Å². The standard InChI is InChI=1S/C60H65N7O17/c1-32-56-39(66-23-24-81-58(80-3)57(66)84-56)25-47(82-32)83-41-27-60(78,26-37-49(41)55(76)51-50(53(37)74)52(73)36-14-10-16-40(79-2)48(36)54(51)75)59(77)62-22-21-61-43(69)28-64-45(71)30-65-44(70)29-63-42(68)17-8-9-18-46(72)67-31-35-13-5-4-11-33(35)19-20-34-12-6-7-15-38(34)67/h4-7,10-16,32,39,41,47,56-58,74,76,78H,8-9,17-18,21-31H2,1-3H3,(H,61,69)(H,62,77)(H,63,68)(H,64,71)(H,65,70)/t32-,39-,41-,47-,56+,57+,58-,60-/m0/s1. The second-order valence-electron chi connectivity index (χ2n) is 21.2. The highest BCUT2D eigenvalue weighted by Crippen LogP contribution is 2.53. The molecule has 6 aliphatic rings. The quantitative estimate of drug-likeness (QED) is 0.0328. The number of aliphatic hydroxyl groups is 1. The van der Waals surface area contributed by atoms with Crippen molar-refractivity contribution in [2.75, 3.05) is 65.0 Å². The van der Waals surface area contributed by atoms with E-state index in [0.717, 1.165) is 22.4 Å². The van der Waals surface area contributed by atoms with Crippen molar-refractivity contribution in [2.45, 2.75) is 107 Å². The first-order valence-corrected chi connectivity index (χ1v) is 27.8. The molecule has 0 bridgehead atoms. The third-order valence-corrected chi connectivity index (χ3v) is 15.9.